The normalized spacial score (nSPS) is 15.4. The van der Waals surface area contributed by atoms with Crippen LogP contribution in [0, 0.1) is 0 Å². The minimum absolute atomic E-state index is 0.0946. The number of carbonyl (C=O) groups excluding carboxylic acids is 3. The molecule has 2 rings (SSSR count). The van der Waals surface area contributed by atoms with Gasteiger partial charge in [-0.2, -0.15) is 0 Å². The summed E-state index contributed by atoms with van der Waals surface area (Å²) < 4.78 is 0. The highest BCUT2D eigenvalue weighted by Gasteiger charge is 2.26. The highest BCUT2D eigenvalue weighted by Crippen LogP contribution is 2.11. The highest BCUT2D eigenvalue weighted by molar-refractivity contribution is 6.02. The van der Waals surface area contributed by atoms with Crippen LogP contribution >= 0.6 is 0 Å². The van der Waals surface area contributed by atoms with Crippen molar-refractivity contribution in [2.45, 2.75) is 6.42 Å². The summed E-state index contributed by atoms with van der Waals surface area (Å²) in [6.45, 7) is -0.189. The summed E-state index contributed by atoms with van der Waals surface area (Å²) in [5, 5.41) is 11.2. The summed E-state index contributed by atoms with van der Waals surface area (Å²) in [4.78, 5) is 35.3. The van der Waals surface area contributed by atoms with Crippen LogP contribution in [0.5, 0.6) is 5.75 Å². The molecule has 0 atom stereocenters. The Labute approximate surface area is 103 Å². The maximum absolute atomic E-state index is 11.9. The number of rotatable bonds is 2. The van der Waals surface area contributed by atoms with E-state index in [9.17, 15) is 14.4 Å². The van der Waals surface area contributed by atoms with Gasteiger partial charge >= 0.3 is 0 Å². The van der Waals surface area contributed by atoms with Crippen molar-refractivity contribution in [2.75, 3.05) is 13.1 Å². The predicted octanol–water partition coefficient (Wildman–Crippen LogP) is -0.580. The molecular weight excluding hydrogens is 236 g/mol. The highest BCUT2D eigenvalue weighted by atomic mass is 16.3. The first kappa shape index (κ1) is 12.1. The van der Waals surface area contributed by atoms with Gasteiger partial charge in [-0.1, -0.05) is 12.1 Å². The fourth-order valence-electron chi connectivity index (χ4n) is 1.71. The van der Waals surface area contributed by atoms with Crippen molar-refractivity contribution in [3.8, 4) is 5.75 Å². The Hall–Kier alpha value is -2.37. The third-order valence-electron chi connectivity index (χ3n) is 2.59. The number of piperazine rings is 1. The Morgan fingerprint density at radius 2 is 1.72 bits per heavy atom. The van der Waals surface area contributed by atoms with Gasteiger partial charge in [0.05, 0.1) is 6.42 Å². The van der Waals surface area contributed by atoms with Crippen molar-refractivity contribution in [2.24, 2.45) is 0 Å². The first-order chi connectivity index (χ1) is 8.54. The predicted molar refractivity (Wildman–Crippen MR) is 61.5 cm³/mol. The van der Waals surface area contributed by atoms with Crippen molar-refractivity contribution < 1.29 is 19.5 Å². The molecule has 6 heteroatoms. The van der Waals surface area contributed by atoms with Crippen LogP contribution in [0.2, 0.25) is 0 Å². The second-order valence-electron chi connectivity index (χ2n) is 4.06. The van der Waals surface area contributed by atoms with Gasteiger partial charge in [-0.3, -0.25) is 19.7 Å². The van der Waals surface area contributed by atoms with Gasteiger partial charge in [0.2, 0.25) is 17.7 Å². The van der Waals surface area contributed by atoms with Crippen LogP contribution in [0.4, 0.5) is 0 Å². The Kier molecular flexibility index (Phi) is 3.27. The topological polar surface area (TPSA) is 86.7 Å². The monoisotopic (exact) mass is 248 g/mol. The summed E-state index contributed by atoms with van der Waals surface area (Å²) in [6, 6.07) is 6.21. The third-order valence-corrected chi connectivity index (χ3v) is 2.59. The number of phenolic OH excluding ortho intramolecular Hbond substituents is 1. The fraction of sp³-hybridized carbons (Fsp3) is 0.250. The molecule has 0 saturated carbocycles. The molecule has 0 aliphatic carbocycles. The molecule has 0 spiro atoms. The molecule has 0 aromatic heterocycles. The van der Waals surface area contributed by atoms with E-state index in [-0.39, 0.29) is 31.2 Å². The summed E-state index contributed by atoms with van der Waals surface area (Å²) in [5.74, 6) is -1.10. The van der Waals surface area contributed by atoms with Gasteiger partial charge in [0.25, 0.3) is 0 Å². The molecule has 18 heavy (non-hydrogen) atoms. The van der Waals surface area contributed by atoms with Crippen molar-refractivity contribution >= 4 is 17.7 Å². The molecule has 3 amide bonds. The van der Waals surface area contributed by atoms with E-state index in [0.29, 0.717) is 0 Å². The quantitative estimate of drug-likeness (QED) is 0.685. The van der Waals surface area contributed by atoms with Crippen LogP contribution in [0.25, 0.3) is 0 Å². The number of nitrogens with zero attached hydrogens (tertiary/aromatic N) is 1. The van der Waals surface area contributed by atoms with Gasteiger partial charge < -0.3 is 10.0 Å². The Morgan fingerprint density at radius 1 is 1.17 bits per heavy atom. The van der Waals surface area contributed by atoms with E-state index in [1.54, 1.807) is 12.1 Å². The number of aromatic hydroxyl groups is 1. The largest absolute Gasteiger partial charge is 0.508 e. The zero-order valence-electron chi connectivity index (χ0n) is 9.55. The Balaban J connectivity index is 2.01. The zero-order valence-corrected chi connectivity index (χ0v) is 9.55. The number of imide groups is 1. The average Bonchev–Trinajstić information content (AvgIpc) is 2.31. The molecule has 94 valence electrons. The molecule has 0 bridgehead atoms. The van der Waals surface area contributed by atoms with Crippen molar-refractivity contribution in [1.29, 1.82) is 0 Å². The van der Waals surface area contributed by atoms with E-state index in [1.165, 1.54) is 17.0 Å². The van der Waals surface area contributed by atoms with Crippen molar-refractivity contribution in [1.82, 2.24) is 10.2 Å². The maximum Gasteiger partial charge on any atom is 0.246 e. The molecule has 1 fully saturated rings. The van der Waals surface area contributed by atoms with Crippen LogP contribution < -0.4 is 5.32 Å². The lowest BCUT2D eigenvalue weighted by molar-refractivity contribution is -0.145. The van der Waals surface area contributed by atoms with Crippen LogP contribution in [0.15, 0.2) is 24.3 Å². The molecule has 1 aliphatic rings. The average molecular weight is 248 g/mol. The van der Waals surface area contributed by atoms with E-state index >= 15 is 0 Å². The molecule has 0 radical (unpaired) electrons. The molecule has 2 N–H and O–H groups in total. The van der Waals surface area contributed by atoms with Crippen LogP contribution in [-0.2, 0) is 20.8 Å². The number of benzene rings is 1. The smallest absolute Gasteiger partial charge is 0.246 e. The molecular formula is C12H12N2O4. The molecule has 1 heterocycles. The van der Waals surface area contributed by atoms with Gasteiger partial charge in [-0.15, -0.1) is 0 Å². The number of phenols is 1. The minimum atomic E-state index is -0.467. The third kappa shape index (κ3) is 2.85. The van der Waals surface area contributed by atoms with Gasteiger partial charge in [0, 0.05) is 0 Å². The number of hydrogen-bond donors (Lipinski definition) is 2. The van der Waals surface area contributed by atoms with E-state index in [2.05, 4.69) is 5.32 Å². The number of hydrogen-bond acceptors (Lipinski definition) is 4. The van der Waals surface area contributed by atoms with Gasteiger partial charge in [-0.25, -0.2) is 0 Å². The second kappa shape index (κ2) is 4.87. The molecule has 6 nitrogen and oxygen atoms in total. The van der Waals surface area contributed by atoms with Gasteiger partial charge in [0.1, 0.15) is 18.8 Å². The lowest BCUT2D eigenvalue weighted by Crippen LogP contribution is -2.53. The Bertz CT molecular complexity index is 479. The van der Waals surface area contributed by atoms with Crippen molar-refractivity contribution in [3.63, 3.8) is 0 Å². The first-order valence-electron chi connectivity index (χ1n) is 5.43. The zero-order chi connectivity index (χ0) is 13.1. The van der Waals surface area contributed by atoms with Crippen molar-refractivity contribution in [3.05, 3.63) is 29.8 Å². The van der Waals surface area contributed by atoms with E-state index in [0.717, 1.165) is 5.56 Å². The van der Waals surface area contributed by atoms with Gasteiger partial charge in [0.15, 0.2) is 0 Å². The SMILES string of the molecule is O=C1CN(C(=O)Cc2ccc(O)cc2)CC(=O)N1. The molecule has 1 aromatic rings. The minimum Gasteiger partial charge on any atom is -0.508 e. The number of nitrogens with one attached hydrogen (secondary N) is 1. The van der Waals surface area contributed by atoms with Crippen LogP contribution in [0.1, 0.15) is 5.56 Å². The fourth-order valence-corrected chi connectivity index (χ4v) is 1.71. The second-order valence-corrected chi connectivity index (χ2v) is 4.06. The molecule has 1 aliphatic heterocycles. The summed E-state index contributed by atoms with van der Waals surface area (Å²) in [5.41, 5.74) is 0.719. The number of carbonyl (C=O) groups is 3. The molecule has 0 unspecified atom stereocenters. The summed E-state index contributed by atoms with van der Waals surface area (Å²) in [7, 11) is 0. The molecule has 1 aromatic carbocycles. The molecule has 1 saturated heterocycles. The Morgan fingerprint density at radius 3 is 2.28 bits per heavy atom. The lowest BCUT2D eigenvalue weighted by atomic mass is 10.1. The maximum atomic E-state index is 11.9. The van der Waals surface area contributed by atoms with Crippen LogP contribution in [0.3, 0.4) is 0 Å². The van der Waals surface area contributed by atoms with E-state index in [4.69, 9.17) is 5.11 Å². The van der Waals surface area contributed by atoms with E-state index in [1.807, 2.05) is 0 Å². The number of amides is 3. The van der Waals surface area contributed by atoms with Crippen LogP contribution in [-0.4, -0.2) is 40.8 Å². The first-order valence-corrected chi connectivity index (χ1v) is 5.43. The summed E-state index contributed by atoms with van der Waals surface area (Å²) in [6.07, 6.45) is 0.0981. The standard InChI is InChI=1S/C12H12N2O4/c15-9-3-1-8(2-4-9)5-12(18)14-6-10(16)13-11(17)7-14/h1-4,15H,5-7H2,(H,13,16,17). The van der Waals surface area contributed by atoms with E-state index < -0.39 is 11.8 Å². The summed E-state index contributed by atoms with van der Waals surface area (Å²) >= 11 is 0. The van der Waals surface area contributed by atoms with Gasteiger partial charge in [-0.05, 0) is 17.7 Å². The lowest BCUT2D eigenvalue weighted by Gasteiger charge is -2.25.